The van der Waals surface area contributed by atoms with Crippen LogP contribution in [0.3, 0.4) is 0 Å². The quantitative estimate of drug-likeness (QED) is 0.829. The number of carbonyl (C=O) groups excluding carboxylic acids is 1. The number of aryl methyl sites for hydroxylation is 1. The second-order valence-electron chi connectivity index (χ2n) is 4.26. The van der Waals surface area contributed by atoms with E-state index in [-0.39, 0.29) is 5.91 Å². The molecule has 0 radical (unpaired) electrons. The third-order valence-corrected chi connectivity index (χ3v) is 3.83. The van der Waals surface area contributed by atoms with E-state index in [2.05, 4.69) is 22.3 Å². The van der Waals surface area contributed by atoms with Crippen LogP contribution >= 0.6 is 11.3 Å². The first-order valence-electron chi connectivity index (χ1n) is 6.15. The van der Waals surface area contributed by atoms with Gasteiger partial charge in [-0.15, -0.1) is 11.3 Å². The monoisotopic (exact) mass is 288 g/mol. The van der Waals surface area contributed by atoms with E-state index in [9.17, 15) is 4.79 Å². The van der Waals surface area contributed by atoms with E-state index in [0.29, 0.717) is 18.7 Å². The lowest BCUT2D eigenvalue weighted by molar-refractivity contribution is 0.0950. The first kappa shape index (κ1) is 14.3. The molecule has 0 fully saturated rings. The van der Waals surface area contributed by atoms with Gasteiger partial charge in [0.2, 0.25) is 0 Å². The molecule has 0 saturated carbocycles. The Hall–Kier alpha value is -2.10. The van der Waals surface area contributed by atoms with Gasteiger partial charge in [0.15, 0.2) is 0 Å². The van der Waals surface area contributed by atoms with Crippen molar-refractivity contribution in [2.45, 2.75) is 13.5 Å². The van der Waals surface area contributed by atoms with E-state index >= 15 is 0 Å². The predicted molar refractivity (Wildman–Crippen MR) is 79.4 cm³/mol. The van der Waals surface area contributed by atoms with E-state index in [1.54, 1.807) is 22.2 Å². The normalized spacial score (nSPS) is 9.95. The Balaban J connectivity index is 1.97. The van der Waals surface area contributed by atoms with Crippen LogP contribution in [0.15, 0.2) is 17.6 Å². The number of hydrogen-bond acceptors (Lipinski definition) is 4. The minimum absolute atomic E-state index is 0.112. The van der Waals surface area contributed by atoms with Crippen LogP contribution in [0.4, 0.5) is 0 Å². The molecule has 2 heterocycles. The number of nitrogens with one attached hydrogen (secondary N) is 1. The summed E-state index contributed by atoms with van der Waals surface area (Å²) in [5.74, 6) is 5.66. The summed E-state index contributed by atoms with van der Waals surface area (Å²) in [6.45, 7) is 2.71. The van der Waals surface area contributed by atoms with Crippen molar-refractivity contribution in [2.75, 3.05) is 6.54 Å². The molecule has 0 saturated heterocycles. The van der Waals surface area contributed by atoms with E-state index in [1.165, 1.54) is 0 Å². The molecular weight excluding hydrogens is 272 g/mol. The molecule has 1 amide bonds. The number of thiophene rings is 1. The fourth-order valence-corrected chi connectivity index (χ4v) is 2.43. The Morgan fingerprint density at radius 2 is 2.40 bits per heavy atom. The van der Waals surface area contributed by atoms with E-state index in [0.717, 1.165) is 16.1 Å². The van der Waals surface area contributed by atoms with Gasteiger partial charge in [-0.25, -0.2) is 0 Å². The van der Waals surface area contributed by atoms with Gasteiger partial charge < -0.3 is 11.1 Å². The first-order chi connectivity index (χ1) is 9.61. The Labute approximate surface area is 121 Å². The molecule has 0 atom stereocenters. The number of amides is 1. The van der Waals surface area contributed by atoms with Crippen molar-refractivity contribution in [1.29, 1.82) is 0 Å². The average Bonchev–Trinajstić information content (AvgIpc) is 3.02. The zero-order valence-electron chi connectivity index (χ0n) is 11.4. The van der Waals surface area contributed by atoms with Gasteiger partial charge in [-0.05, 0) is 13.0 Å². The molecule has 6 heteroatoms. The van der Waals surface area contributed by atoms with Crippen molar-refractivity contribution < 1.29 is 4.79 Å². The molecule has 0 bridgehead atoms. The lowest BCUT2D eigenvalue weighted by Crippen LogP contribution is -2.22. The fourth-order valence-electron chi connectivity index (χ4n) is 1.68. The first-order valence-corrected chi connectivity index (χ1v) is 7.03. The molecule has 20 heavy (non-hydrogen) atoms. The summed E-state index contributed by atoms with van der Waals surface area (Å²) in [6.07, 6.45) is 1.58. The van der Waals surface area contributed by atoms with Gasteiger partial charge in [-0.1, -0.05) is 11.8 Å². The Morgan fingerprint density at radius 3 is 3.05 bits per heavy atom. The van der Waals surface area contributed by atoms with E-state index in [1.807, 2.05) is 25.4 Å². The largest absolute Gasteiger partial charge is 0.347 e. The molecular formula is C14H16N4OS. The molecule has 0 unspecified atom stereocenters. The maximum atomic E-state index is 12.0. The maximum Gasteiger partial charge on any atom is 0.255 e. The number of hydrogen-bond donors (Lipinski definition) is 2. The number of aromatic nitrogens is 2. The lowest BCUT2D eigenvalue weighted by atomic mass is 10.2. The fraction of sp³-hybridized carbons (Fsp3) is 0.286. The molecule has 2 aromatic rings. The second-order valence-corrected chi connectivity index (χ2v) is 5.25. The summed E-state index contributed by atoms with van der Waals surface area (Å²) < 4.78 is 1.68. The van der Waals surface area contributed by atoms with Crippen LogP contribution in [0.25, 0.3) is 0 Å². The topological polar surface area (TPSA) is 72.9 Å². The molecule has 0 aliphatic heterocycles. The second kappa shape index (κ2) is 6.37. The lowest BCUT2D eigenvalue weighted by Gasteiger charge is -2.02. The molecule has 0 aliphatic carbocycles. The summed E-state index contributed by atoms with van der Waals surface area (Å²) in [5.41, 5.74) is 7.71. The zero-order valence-corrected chi connectivity index (χ0v) is 12.3. The highest BCUT2D eigenvalue weighted by Crippen LogP contribution is 2.14. The molecule has 0 aliphatic rings. The third-order valence-electron chi connectivity index (χ3n) is 2.89. The van der Waals surface area contributed by atoms with Crippen molar-refractivity contribution in [3.8, 4) is 11.8 Å². The minimum Gasteiger partial charge on any atom is -0.347 e. The number of carbonyl (C=O) groups is 1. The Kier molecular flexibility index (Phi) is 4.56. The summed E-state index contributed by atoms with van der Waals surface area (Å²) in [5, 5.41) is 8.90. The van der Waals surface area contributed by atoms with Crippen LogP contribution in [0.2, 0.25) is 0 Å². The van der Waals surface area contributed by atoms with Gasteiger partial charge in [0.25, 0.3) is 5.91 Å². The summed E-state index contributed by atoms with van der Waals surface area (Å²) >= 11 is 1.57. The van der Waals surface area contributed by atoms with Crippen LogP contribution in [0, 0.1) is 18.8 Å². The molecule has 5 nitrogen and oxygen atoms in total. The van der Waals surface area contributed by atoms with Crippen molar-refractivity contribution in [3.63, 3.8) is 0 Å². The van der Waals surface area contributed by atoms with Gasteiger partial charge in [-0.3, -0.25) is 9.48 Å². The van der Waals surface area contributed by atoms with Gasteiger partial charge in [-0.2, -0.15) is 5.10 Å². The molecule has 0 spiro atoms. The highest BCUT2D eigenvalue weighted by Gasteiger charge is 2.12. The molecule has 104 valence electrons. The predicted octanol–water partition coefficient (Wildman–Crippen LogP) is 1.03. The third kappa shape index (κ3) is 3.26. The van der Waals surface area contributed by atoms with Crippen LogP contribution < -0.4 is 11.1 Å². The highest BCUT2D eigenvalue weighted by molar-refractivity contribution is 7.10. The molecule has 2 rings (SSSR count). The number of nitrogens with zero attached hydrogens (tertiary/aromatic N) is 2. The van der Waals surface area contributed by atoms with Gasteiger partial charge in [0.05, 0.1) is 24.8 Å². The van der Waals surface area contributed by atoms with Crippen LogP contribution in [0.5, 0.6) is 0 Å². The summed E-state index contributed by atoms with van der Waals surface area (Å²) in [7, 11) is 1.81. The summed E-state index contributed by atoms with van der Waals surface area (Å²) in [6, 6.07) is 1.96. The van der Waals surface area contributed by atoms with Crippen molar-refractivity contribution in [2.24, 2.45) is 12.8 Å². The zero-order chi connectivity index (χ0) is 14.5. The SMILES string of the molecule is Cc1c(C(=O)NCc2cc(C#CCN)cs2)cnn1C. The van der Waals surface area contributed by atoms with Gasteiger partial charge in [0.1, 0.15) is 0 Å². The molecule has 2 aromatic heterocycles. The van der Waals surface area contributed by atoms with Gasteiger partial charge in [0, 0.05) is 28.6 Å². The average molecular weight is 288 g/mol. The van der Waals surface area contributed by atoms with Crippen LogP contribution in [-0.4, -0.2) is 22.2 Å². The van der Waals surface area contributed by atoms with Crippen molar-refractivity contribution in [1.82, 2.24) is 15.1 Å². The highest BCUT2D eigenvalue weighted by atomic mass is 32.1. The van der Waals surface area contributed by atoms with Crippen molar-refractivity contribution in [3.05, 3.63) is 39.3 Å². The Bertz CT molecular complexity index is 675. The maximum absolute atomic E-state index is 12.0. The summed E-state index contributed by atoms with van der Waals surface area (Å²) in [4.78, 5) is 13.1. The number of rotatable bonds is 3. The van der Waals surface area contributed by atoms with Crippen LogP contribution in [0.1, 0.15) is 26.5 Å². The van der Waals surface area contributed by atoms with Crippen molar-refractivity contribution >= 4 is 17.2 Å². The molecule has 3 N–H and O–H groups in total. The standard InChI is InChI=1S/C14H16N4OS/c1-10-13(8-17-18(10)2)14(19)16-7-12-6-11(9-20-12)4-3-5-15/h6,8-9H,5,7,15H2,1-2H3,(H,16,19). The Morgan fingerprint density at radius 1 is 1.60 bits per heavy atom. The van der Waals surface area contributed by atoms with Gasteiger partial charge >= 0.3 is 0 Å². The van der Waals surface area contributed by atoms with E-state index < -0.39 is 0 Å². The van der Waals surface area contributed by atoms with E-state index in [4.69, 9.17) is 5.73 Å². The smallest absolute Gasteiger partial charge is 0.255 e. The van der Waals surface area contributed by atoms with Crippen LogP contribution in [-0.2, 0) is 13.6 Å². The minimum atomic E-state index is -0.112. The molecule has 0 aromatic carbocycles. The number of nitrogens with two attached hydrogens (primary N) is 1.